The molecule has 1 aromatic carbocycles. The van der Waals surface area contributed by atoms with Crippen molar-refractivity contribution in [1.82, 2.24) is 0 Å². The van der Waals surface area contributed by atoms with Crippen LogP contribution < -0.4 is 10.1 Å². The van der Waals surface area contributed by atoms with E-state index in [-0.39, 0.29) is 18.0 Å². The summed E-state index contributed by atoms with van der Waals surface area (Å²) in [5.74, 6) is -3.58. The first kappa shape index (κ1) is 18.6. The molecule has 1 heterocycles. The van der Waals surface area contributed by atoms with Crippen molar-refractivity contribution in [3.8, 4) is 5.75 Å². The Morgan fingerprint density at radius 3 is 2.32 bits per heavy atom. The van der Waals surface area contributed by atoms with E-state index >= 15 is 0 Å². The highest BCUT2D eigenvalue weighted by atomic mass is 19.4. The van der Waals surface area contributed by atoms with Gasteiger partial charge < -0.3 is 19.5 Å². The number of alkyl halides is 3. The number of carbonyl (C=O) groups is 2. The van der Waals surface area contributed by atoms with E-state index < -0.39 is 35.0 Å². The summed E-state index contributed by atoms with van der Waals surface area (Å²) in [4.78, 5) is 23.6. The first-order valence-corrected chi connectivity index (χ1v) is 7.31. The number of carbonyl (C=O) groups excluding carboxylic acids is 2. The van der Waals surface area contributed by atoms with Crippen LogP contribution in [0, 0.1) is 0 Å². The normalized spacial score (nSPS) is 16.8. The number of hydrogen-bond acceptors (Lipinski definition) is 6. The van der Waals surface area contributed by atoms with E-state index in [1.807, 2.05) is 0 Å². The Kier molecular flexibility index (Phi) is 4.96. The monoisotopic (exact) mass is 359 g/mol. The molecule has 1 aliphatic rings. The molecule has 1 fully saturated rings. The van der Waals surface area contributed by atoms with E-state index in [1.165, 1.54) is 19.9 Å². The molecule has 0 unspecified atom stereocenters. The summed E-state index contributed by atoms with van der Waals surface area (Å²) in [6.45, 7) is 4.41. The van der Waals surface area contributed by atoms with Gasteiger partial charge in [-0.25, -0.2) is 9.59 Å². The van der Waals surface area contributed by atoms with Gasteiger partial charge in [0, 0.05) is 25.7 Å². The highest BCUT2D eigenvalue weighted by molar-refractivity contribution is 6.15. The Bertz CT molecular complexity index is 703. The number of cyclic esters (lactones) is 2. The lowest BCUT2D eigenvalue weighted by Gasteiger charge is -2.29. The SMILES string of the molecule is CCOc1ccc(NC=C2C(=O)OC(C)(C)OC2=O)cc1C(F)(F)F. The van der Waals surface area contributed by atoms with Gasteiger partial charge in [-0.2, -0.15) is 13.2 Å². The average Bonchev–Trinajstić information content (AvgIpc) is 2.45. The first-order chi connectivity index (χ1) is 11.5. The number of esters is 2. The van der Waals surface area contributed by atoms with Crippen molar-refractivity contribution in [3.05, 3.63) is 35.5 Å². The van der Waals surface area contributed by atoms with E-state index in [1.54, 1.807) is 6.92 Å². The van der Waals surface area contributed by atoms with Crippen molar-refractivity contribution < 1.29 is 37.0 Å². The second-order valence-corrected chi connectivity index (χ2v) is 5.52. The quantitative estimate of drug-likeness (QED) is 0.505. The Labute approximate surface area is 141 Å². The number of rotatable bonds is 4. The molecule has 1 saturated heterocycles. The largest absolute Gasteiger partial charge is 0.493 e. The maximum absolute atomic E-state index is 13.1. The maximum atomic E-state index is 13.1. The van der Waals surface area contributed by atoms with E-state index in [0.29, 0.717) is 0 Å². The smallest absolute Gasteiger partial charge is 0.420 e. The van der Waals surface area contributed by atoms with Gasteiger partial charge in [-0.15, -0.1) is 0 Å². The molecule has 0 saturated carbocycles. The van der Waals surface area contributed by atoms with Crippen molar-refractivity contribution in [1.29, 1.82) is 0 Å². The van der Waals surface area contributed by atoms with Crippen LogP contribution in [-0.4, -0.2) is 24.3 Å². The lowest BCUT2D eigenvalue weighted by Crippen LogP contribution is -2.42. The zero-order valence-electron chi connectivity index (χ0n) is 13.7. The molecule has 2 rings (SSSR count). The van der Waals surface area contributed by atoms with Crippen molar-refractivity contribution in [2.45, 2.75) is 32.7 Å². The van der Waals surface area contributed by atoms with Gasteiger partial charge >= 0.3 is 18.1 Å². The Morgan fingerprint density at radius 2 is 1.80 bits per heavy atom. The van der Waals surface area contributed by atoms with E-state index in [4.69, 9.17) is 14.2 Å². The first-order valence-electron chi connectivity index (χ1n) is 7.31. The highest BCUT2D eigenvalue weighted by Crippen LogP contribution is 2.38. The third-order valence-corrected chi connectivity index (χ3v) is 3.08. The molecule has 0 amide bonds. The lowest BCUT2D eigenvalue weighted by atomic mass is 10.1. The van der Waals surface area contributed by atoms with Gasteiger partial charge in [0.2, 0.25) is 0 Å². The van der Waals surface area contributed by atoms with Gasteiger partial charge in [-0.05, 0) is 25.1 Å². The summed E-state index contributed by atoms with van der Waals surface area (Å²) < 4.78 is 54.0. The minimum Gasteiger partial charge on any atom is -0.493 e. The molecule has 0 radical (unpaired) electrons. The molecular formula is C16H16F3NO5. The third-order valence-electron chi connectivity index (χ3n) is 3.08. The summed E-state index contributed by atoms with van der Waals surface area (Å²) in [5, 5.41) is 2.47. The van der Waals surface area contributed by atoms with Crippen LogP contribution in [-0.2, 0) is 25.2 Å². The van der Waals surface area contributed by atoms with Crippen LogP contribution in [0.5, 0.6) is 5.75 Å². The number of anilines is 1. The number of hydrogen-bond donors (Lipinski definition) is 1. The molecule has 136 valence electrons. The van der Waals surface area contributed by atoms with Crippen LogP contribution >= 0.6 is 0 Å². The van der Waals surface area contributed by atoms with E-state index in [9.17, 15) is 22.8 Å². The topological polar surface area (TPSA) is 73.9 Å². The predicted molar refractivity (Wildman–Crippen MR) is 80.6 cm³/mol. The van der Waals surface area contributed by atoms with Gasteiger partial charge in [-0.1, -0.05) is 0 Å². The van der Waals surface area contributed by atoms with Gasteiger partial charge in [0.15, 0.2) is 5.57 Å². The molecule has 0 aromatic heterocycles. The summed E-state index contributed by atoms with van der Waals surface area (Å²) in [6.07, 6.45) is -3.68. The van der Waals surface area contributed by atoms with Gasteiger partial charge in [0.1, 0.15) is 5.75 Å². The van der Waals surface area contributed by atoms with E-state index in [0.717, 1.165) is 18.3 Å². The minimum atomic E-state index is -4.62. The summed E-state index contributed by atoms with van der Waals surface area (Å²) in [6, 6.07) is 3.28. The van der Waals surface area contributed by atoms with Gasteiger partial charge in [0.25, 0.3) is 5.79 Å². The van der Waals surface area contributed by atoms with Gasteiger partial charge in [0.05, 0.1) is 12.2 Å². The molecular weight excluding hydrogens is 343 g/mol. The van der Waals surface area contributed by atoms with Crippen LogP contribution in [0.2, 0.25) is 0 Å². The summed E-state index contributed by atoms with van der Waals surface area (Å²) in [5.41, 5.74) is -1.43. The fourth-order valence-corrected chi connectivity index (χ4v) is 2.06. The lowest BCUT2D eigenvalue weighted by molar-refractivity contribution is -0.222. The Morgan fingerprint density at radius 1 is 1.20 bits per heavy atom. The average molecular weight is 359 g/mol. The van der Waals surface area contributed by atoms with Crippen LogP contribution in [0.4, 0.5) is 18.9 Å². The molecule has 9 heteroatoms. The second kappa shape index (κ2) is 6.66. The molecule has 1 aliphatic heterocycles. The van der Waals surface area contributed by atoms with Crippen molar-refractivity contribution in [3.63, 3.8) is 0 Å². The second-order valence-electron chi connectivity index (χ2n) is 5.52. The number of halogens is 3. The fourth-order valence-electron chi connectivity index (χ4n) is 2.06. The number of benzene rings is 1. The molecule has 6 nitrogen and oxygen atoms in total. The molecule has 0 atom stereocenters. The Balaban J connectivity index is 2.26. The van der Waals surface area contributed by atoms with Crippen LogP contribution in [0.15, 0.2) is 30.0 Å². The third kappa shape index (κ3) is 4.43. The molecule has 1 N–H and O–H groups in total. The highest BCUT2D eigenvalue weighted by Gasteiger charge is 2.39. The zero-order chi connectivity index (χ0) is 18.8. The molecule has 0 bridgehead atoms. The van der Waals surface area contributed by atoms with Crippen molar-refractivity contribution in [2.75, 3.05) is 11.9 Å². The molecule has 0 aliphatic carbocycles. The fraction of sp³-hybridized carbons (Fsp3) is 0.375. The Hall–Kier alpha value is -2.71. The van der Waals surface area contributed by atoms with Crippen molar-refractivity contribution >= 4 is 17.6 Å². The molecule has 25 heavy (non-hydrogen) atoms. The molecule has 0 spiro atoms. The summed E-state index contributed by atoms with van der Waals surface area (Å²) >= 11 is 0. The number of ether oxygens (including phenoxy) is 3. The number of nitrogens with one attached hydrogen (secondary N) is 1. The predicted octanol–water partition coefficient (Wildman–Crippen LogP) is 3.24. The zero-order valence-corrected chi connectivity index (χ0v) is 13.7. The van der Waals surface area contributed by atoms with Crippen LogP contribution in [0.25, 0.3) is 0 Å². The van der Waals surface area contributed by atoms with Gasteiger partial charge in [-0.3, -0.25) is 0 Å². The van der Waals surface area contributed by atoms with E-state index in [2.05, 4.69) is 5.32 Å². The maximum Gasteiger partial charge on any atom is 0.420 e. The van der Waals surface area contributed by atoms with Crippen LogP contribution in [0.3, 0.4) is 0 Å². The summed E-state index contributed by atoms with van der Waals surface area (Å²) in [7, 11) is 0. The molecule has 1 aromatic rings. The minimum absolute atomic E-state index is 0.00807. The van der Waals surface area contributed by atoms with Crippen LogP contribution in [0.1, 0.15) is 26.3 Å². The van der Waals surface area contributed by atoms with Crippen molar-refractivity contribution in [2.24, 2.45) is 0 Å². The standard InChI is InChI=1S/C16H16F3NO5/c1-4-23-12-6-5-9(7-11(12)16(17,18)19)20-8-10-13(21)24-15(2,3)25-14(10)22/h5-8,20H,4H2,1-3H3.